The summed E-state index contributed by atoms with van der Waals surface area (Å²) in [6.45, 7) is 3.17. The highest BCUT2D eigenvalue weighted by Gasteiger charge is 2.49. The van der Waals surface area contributed by atoms with Crippen LogP contribution in [0.25, 0.3) is 0 Å². The summed E-state index contributed by atoms with van der Waals surface area (Å²) in [5, 5.41) is 0. The molecule has 3 aliphatic heterocycles. The summed E-state index contributed by atoms with van der Waals surface area (Å²) in [5.74, 6) is 0.174. The van der Waals surface area contributed by atoms with E-state index in [1.807, 2.05) is 0 Å². The molecule has 4 fully saturated rings. The third kappa shape index (κ3) is 2.24. The lowest BCUT2D eigenvalue weighted by molar-refractivity contribution is -0.169. The molecule has 1 atom stereocenters. The standard InChI is InChI=1S/C18H22FNO2/c19-15-4-2-14(3-5-15)18(8-1-9-18)17(21)22-16-12-20-10-6-13(16)7-11-20/h2-5,13,16H,1,6-12H2. The van der Waals surface area contributed by atoms with Crippen molar-refractivity contribution in [3.05, 3.63) is 35.6 Å². The minimum absolute atomic E-state index is 0.0490. The minimum atomic E-state index is -0.528. The van der Waals surface area contributed by atoms with E-state index in [1.165, 1.54) is 12.1 Å². The fourth-order valence-electron chi connectivity index (χ4n) is 4.20. The van der Waals surface area contributed by atoms with Crippen LogP contribution in [0.4, 0.5) is 4.39 Å². The van der Waals surface area contributed by atoms with Crippen molar-refractivity contribution in [2.45, 2.75) is 43.6 Å². The van der Waals surface area contributed by atoms with Crippen molar-refractivity contribution in [2.24, 2.45) is 5.92 Å². The molecule has 4 aliphatic rings. The van der Waals surface area contributed by atoms with E-state index in [-0.39, 0.29) is 17.9 Å². The quantitative estimate of drug-likeness (QED) is 0.804. The topological polar surface area (TPSA) is 29.5 Å². The number of hydrogen-bond donors (Lipinski definition) is 0. The number of benzene rings is 1. The van der Waals surface area contributed by atoms with Gasteiger partial charge in [-0.15, -0.1) is 0 Å². The minimum Gasteiger partial charge on any atom is -0.460 e. The number of rotatable bonds is 3. The van der Waals surface area contributed by atoms with Gasteiger partial charge in [-0.1, -0.05) is 18.6 Å². The maximum Gasteiger partial charge on any atom is 0.316 e. The molecule has 1 aromatic rings. The first-order valence-electron chi connectivity index (χ1n) is 8.37. The molecule has 1 unspecified atom stereocenters. The summed E-state index contributed by atoms with van der Waals surface area (Å²) in [4.78, 5) is 15.2. The molecule has 5 rings (SSSR count). The van der Waals surface area contributed by atoms with Crippen molar-refractivity contribution >= 4 is 5.97 Å². The average Bonchev–Trinajstić information content (AvgIpc) is 2.49. The summed E-state index contributed by atoms with van der Waals surface area (Å²) < 4.78 is 19.1. The molecule has 0 N–H and O–H groups in total. The lowest BCUT2D eigenvalue weighted by atomic mass is 9.64. The van der Waals surface area contributed by atoms with E-state index >= 15 is 0 Å². The van der Waals surface area contributed by atoms with E-state index in [0.29, 0.717) is 5.92 Å². The van der Waals surface area contributed by atoms with Crippen molar-refractivity contribution in [3.8, 4) is 0 Å². The Morgan fingerprint density at radius 2 is 1.86 bits per heavy atom. The first kappa shape index (κ1) is 14.2. The number of piperidine rings is 3. The van der Waals surface area contributed by atoms with Gasteiger partial charge in [0.1, 0.15) is 11.9 Å². The highest BCUT2D eigenvalue weighted by molar-refractivity contribution is 5.84. The number of carbonyl (C=O) groups excluding carboxylic acids is 1. The average molecular weight is 303 g/mol. The first-order valence-corrected chi connectivity index (χ1v) is 8.37. The van der Waals surface area contributed by atoms with Crippen LogP contribution >= 0.6 is 0 Å². The fourth-order valence-corrected chi connectivity index (χ4v) is 4.20. The molecule has 2 bridgehead atoms. The third-order valence-corrected chi connectivity index (χ3v) is 5.85. The second kappa shape index (κ2) is 5.34. The van der Waals surface area contributed by atoms with Crippen molar-refractivity contribution in [1.82, 2.24) is 4.90 Å². The zero-order valence-corrected chi connectivity index (χ0v) is 12.8. The molecule has 1 aromatic carbocycles. The maximum atomic E-state index is 13.2. The number of nitrogens with zero attached hydrogens (tertiary/aromatic N) is 1. The summed E-state index contributed by atoms with van der Waals surface area (Å²) in [7, 11) is 0. The van der Waals surface area contributed by atoms with E-state index in [9.17, 15) is 9.18 Å². The zero-order chi connectivity index (χ0) is 15.2. The third-order valence-electron chi connectivity index (χ3n) is 5.85. The number of carbonyl (C=O) groups is 1. The molecule has 1 aliphatic carbocycles. The van der Waals surface area contributed by atoms with Crippen LogP contribution in [0, 0.1) is 11.7 Å². The molecule has 0 aromatic heterocycles. The van der Waals surface area contributed by atoms with Gasteiger partial charge >= 0.3 is 5.97 Å². The number of hydrogen-bond acceptors (Lipinski definition) is 3. The van der Waals surface area contributed by atoms with Crippen LogP contribution in [0.5, 0.6) is 0 Å². The Morgan fingerprint density at radius 3 is 2.36 bits per heavy atom. The normalized spacial score (nSPS) is 32.3. The Bertz CT molecular complexity index is 559. The number of halogens is 1. The van der Waals surface area contributed by atoms with Gasteiger partial charge in [-0.05, 0) is 62.4 Å². The Balaban J connectivity index is 1.51. The lowest BCUT2D eigenvalue weighted by Crippen LogP contribution is -2.54. The molecule has 3 nitrogen and oxygen atoms in total. The molecular weight excluding hydrogens is 281 g/mol. The molecular formula is C18H22FNO2. The fraction of sp³-hybridized carbons (Fsp3) is 0.611. The summed E-state index contributed by atoms with van der Waals surface area (Å²) in [5.41, 5.74) is 0.381. The van der Waals surface area contributed by atoms with Gasteiger partial charge in [0, 0.05) is 6.54 Å². The van der Waals surface area contributed by atoms with Crippen LogP contribution in [0.3, 0.4) is 0 Å². The number of ether oxygens (including phenoxy) is 1. The van der Waals surface area contributed by atoms with E-state index < -0.39 is 5.41 Å². The smallest absolute Gasteiger partial charge is 0.316 e. The Kier molecular flexibility index (Phi) is 3.44. The predicted octanol–water partition coefficient (Wildman–Crippen LogP) is 2.88. The Hall–Kier alpha value is -1.42. The molecule has 22 heavy (non-hydrogen) atoms. The number of fused-ring (bicyclic) bond motifs is 3. The first-order chi connectivity index (χ1) is 10.7. The molecule has 1 saturated carbocycles. The van der Waals surface area contributed by atoms with Crippen LogP contribution in [-0.4, -0.2) is 36.6 Å². The van der Waals surface area contributed by atoms with Gasteiger partial charge in [-0.3, -0.25) is 9.69 Å². The van der Waals surface area contributed by atoms with Crippen LogP contribution in [0.2, 0.25) is 0 Å². The second-order valence-electron chi connectivity index (χ2n) is 7.02. The Morgan fingerprint density at radius 1 is 1.18 bits per heavy atom. The van der Waals surface area contributed by atoms with Crippen molar-refractivity contribution < 1.29 is 13.9 Å². The van der Waals surface area contributed by atoms with E-state index in [1.54, 1.807) is 12.1 Å². The van der Waals surface area contributed by atoms with Crippen LogP contribution < -0.4 is 0 Å². The summed E-state index contributed by atoms with van der Waals surface area (Å²) in [6, 6.07) is 6.37. The van der Waals surface area contributed by atoms with E-state index in [4.69, 9.17) is 4.74 Å². The predicted molar refractivity (Wildman–Crippen MR) is 81.0 cm³/mol. The highest BCUT2D eigenvalue weighted by Crippen LogP contribution is 2.45. The molecule has 118 valence electrons. The molecule has 3 heterocycles. The molecule has 4 heteroatoms. The SMILES string of the molecule is O=C(OC1CN2CCC1CC2)C1(c2ccc(F)cc2)CCC1. The van der Waals surface area contributed by atoms with Gasteiger partial charge in [0.2, 0.25) is 0 Å². The summed E-state index contributed by atoms with van der Waals surface area (Å²) >= 11 is 0. The maximum absolute atomic E-state index is 13.2. The van der Waals surface area contributed by atoms with Gasteiger partial charge < -0.3 is 4.74 Å². The van der Waals surface area contributed by atoms with Gasteiger partial charge in [0.25, 0.3) is 0 Å². The van der Waals surface area contributed by atoms with Crippen molar-refractivity contribution in [3.63, 3.8) is 0 Å². The highest BCUT2D eigenvalue weighted by atomic mass is 19.1. The van der Waals surface area contributed by atoms with Gasteiger partial charge in [0.15, 0.2) is 0 Å². The van der Waals surface area contributed by atoms with Crippen LogP contribution in [0.1, 0.15) is 37.7 Å². The largest absolute Gasteiger partial charge is 0.460 e. The Labute approximate surface area is 130 Å². The van der Waals surface area contributed by atoms with Gasteiger partial charge in [-0.25, -0.2) is 4.39 Å². The van der Waals surface area contributed by atoms with Gasteiger partial charge in [-0.2, -0.15) is 0 Å². The number of esters is 1. The van der Waals surface area contributed by atoms with Crippen LogP contribution in [0.15, 0.2) is 24.3 Å². The summed E-state index contributed by atoms with van der Waals surface area (Å²) in [6.07, 6.45) is 5.00. The molecule has 3 saturated heterocycles. The van der Waals surface area contributed by atoms with Gasteiger partial charge in [0.05, 0.1) is 5.41 Å². The molecule has 0 amide bonds. The van der Waals surface area contributed by atoms with E-state index in [0.717, 1.165) is 57.3 Å². The molecule has 0 radical (unpaired) electrons. The second-order valence-corrected chi connectivity index (χ2v) is 7.02. The monoisotopic (exact) mass is 303 g/mol. The zero-order valence-electron chi connectivity index (χ0n) is 12.8. The molecule has 0 spiro atoms. The lowest BCUT2D eigenvalue weighted by Gasteiger charge is -2.46. The van der Waals surface area contributed by atoms with Crippen LogP contribution in [-0.2, 0) is 14.9 Å². The van der Waals surface area contributed by atoms with Crippen molar-refractivity contribution in [1.29, 1.82) is 0 Å². The van der Waals surface area contributed by atoms with Crippen molar-refractivity contribution in [2.75, 3.05) is 19.6 Å². The van der Waals surface area contributed by atoms with E-state index in [2.05, 4.69) is 4.90 Å².